The molecule has 0 spiro atoms. The van der Waals surface area contributed by atoms with Crippen LogP contribution >= 0.6 is 7.60 Å². The first-order valence-electron chi connectivity index (χ1n) is 5.74. The van der Waals surface area contributed by atoms with Gasteiger partial charge in [0.1, 0.15) is 29.4 Å². The van der Waals surface area contributed by atoms with E-state index in [4.69, 9.17) is 25.4 Å². The molecule has 1 fully saturated rings. The number of nitrogens with two attached hydrogens (primary N) is 1. The van der Waals surface area contributed by atoms with Gasteiger partial charge < -0.3 is 35.6 Å². The Labute approximate surface area is 117 Å². The fourth-order valence-corrected chi connectivity index (χ4v) is 2.61. The maximum Gasteiger partial charge on any atom is 0.361 e. The summed E-state index contributed by atoms with van der Waals surface area (Å²) in [6.07, 6.45) is -4.94. The topological polar surface area (TPSA) is 188 Å². The highest BCUT2D eigenvalue weighted by Crippen LogP contribution is 2.35. The van der Waals surface area contributed by atoms with Crippen LogP contribution in [0.4, 0.5) is 5.82 Å². The zero-order chi connectivity index (χ0) is 15.9. The summed E-state index contributed by atoms with van der Waals surface area (Å²) < 4.78 is 17.0. The summed E-state index contributed by atoms with van der Waals surface area (Å²) in [5.74, 6) is -0.642. The Kier molecular flexibility index (Phi) is 4.17. The van der Waals surface area contributed by atoms with Crippen LogP contribution in [0.3, 0.4) is 0 Å². The van der Waals surface area contributed by atoms with E-state index in [1.807, 2.05) is 0 Å². The van der Waals surface area contributed by atoms with Gasteiger partial charge in [-0.1, -0.05) is 0 Å². The smallest absolute Gasteiger partial charge is 0.361 e. The lowest BCUT2D eigenvalue weighted by Gasteiger charge is -2.18. The summed E-state index contributed by atoms with van der Waals surface area (Å²) in [6.45, 7) is -0.614. The van der Waals surface area contributed by atoms with Crippen LogP contribution in [0.25, 0.3) is 0 Å². The van der Waals surface area contributed by atoms with E-state index in [9.17, 15) is 19.6 Å². The average molecular weight is 323 g/mol. The van der Waals surface area contributed by atoms with Crippen LogP contribution in [0, 0.1) is 0 Å². The third kappa shape index (κ3) is 2.85. The molecule has 1 aromatic heterocycles. The van der Waals surface area contributed by atoms with Crippen LogP contribution in [-0.2, 0) is 9.30 Å². The van der Waals surface area contributed by atoms with E-state index in [0.29, 0.717) is 10.8 Å². The van der Waals surface area contributed by atoms with Crippen LogP contribution in [0.1, 0.15) is 6.23 Å². The second kappa shape index (κ2) is 5.46. The lowest BCUT2D eigenvalue weighted by atomic mass is 10.1. The molecule has 0 unspecified atom stereocenters. The number of aliphatic hydroxyl groups excluding tert-OH is 3. The summed E-state index contributed by atoms with van der Waals surface area (Å²) in [5.41, 5.74) is 4.25. The average Bonchev–Trinajstić information content (AvgIpc) is 2.65. The van der Waals surface area contributed by atoms with E-state index in [0.717, 1.165) is 0 Å². The first-order chi connectivity index (χ1) is 9.66. The lowest BCUT2D eigenvalue weighted by molar-refractivity contribution is -0.0548. The first kappa shape index (κ1) is 16.0. The molecule has 12 heteroatoms. The molecule has 7 N–H and O–H groups in total. The fourth-order valence-electron chi connectivity index (χ4n) is 1.99. The SMILES string of the molecule is Nc1nc(=O)n([C@@H]2O[C@H](CO)[C@@H](O)[C@H]2O)cc1P(=O)(O)O. The van der Waals surface area contributed by atoms with E-state index in [1.165, 1.54) is 0 Å². The van der Waals surface area contributed by atoms with Gasteiger partial charge in [-0.15, -0.1) is 0 Å². The highest BCUT2D eigenvalue weighted by Gasteiger charge is 2.44. The molecule has 4 atom stereocenters. The molecule has 0 aromatic carbocycles. The summed E-state index contributed by atoms with van der Waals surface area (Å²) in [5, 5.41) is 27.7. The van der Waals surface area contributed by atoms with Crippen molar-refractivity contribution in [2.24, 2.45) is 0 Å². The van der Waals surface area contributed by atoms with Crippen LogP contribution in [0.15, 0.2) is 11.0 Å². The van der Waals surface area contributed by atoms with E-state index >= 15 is 0 Å². The predicted octanol–water partition coefficient (Wildman–Crippen LogP) is -3.76. The van der Waals surface area contributed by atoms with E-state index in [2.05, 4.69) is 4.98 Å². The monoisotopic (exact) mass is 323 g/mol. The lowest BCUT2D eigenvalue weighted by Crippen LogP contribution is -2.38. The number of hydrogen-bond donors (Lipinski definition) is 6. The highest BCUT2D eigenvalue weighted by molar-refractivity contribution is 7.60. The number of aliphatic hydroxyl groups is 3. The van der Waals surface area contributed by atoms with Gasteiger partial charge in [-0.2, -0.15) is 4.98 Å². The van der Waals surface area contributed by atoms with Crippen LogP contribution in [0.5, 0.6) is 0 Å². The minimum absolute atomic E-state index is 0.605. The third-order valence-corrected chi connectivity index (χ3v) is 4.04. The van der Waals surface area contributed by atoms with Crippen molar-refractivity contribution in [3.8, 4) is 0 Å². The molecule has 1 aromatic rings. The van der Waals surface area contributed by atoms with Gasteiger partial charge in [0.25, 0.3) is 0 Å². The summed E-state index contributed by atoms with van der Waals surface area (Å²) >= 11 is 0. The number of ether oxygens (including phenoxy) is 1. The second-order valence-electron chi connectivity index (χ2n) is 4.47. The van der Waals surface area contributed by atoms with Gasteiger partial charge >= 0.3 is 13.3 Å². The standard InChI is InChI=1S/C9H14N3O8P/c10-7-4(21(17,18)19)1-12(9(16)11-7)8-6(15)5(14)3(2-13)20-8/h1,3,5-6,8,13-15H,2H2,(H2,10,11,16)(H2,17,18,19)/t3-,5-,6-,8-/m1/s1. The highest BCUT2D eigenvalue weighted by atomic mass is 31.2. The molecule has 11 nitrogen and oxygen atoms in total. The Hall–Kier alpha value is -1.33. The maximum absolute atomic E-state index is 11.7. The maximum atomic E-state index is 11.7. The minimum atomic E-state index is -4.80. The van der Waals surface area contributed by atoms with Gasteiger partial charge in [-0.05, 0) is 0 Å². The number of hydrogen-bond acceptors (Lipinski definition) is 8. The molecular weight excluding hydrogens is 309 g/mol. The molecule has 0 bridgehead atoms. The van der Waals surface area contributed by atoms with Crippen molar-refractivity contribution in [1.29, 1.82) is 0 Å². The number of rotatable bonds is 3. The van der Waals surface area contributed by atoms with Crippen molar-refractivity contribution in [1.82, 2.24) is 9.55 Å². The second-order valence-corrected chi connectivity index (χ2v) is 6.04. The molecule has 0 radical (unpaired) electrons. The first-order valence-corrected chi connectivity index (χ1v) is 7.35. The molecule has 1 saturated heterocycles. The van der Waals surface area contributed by atoms with Gasteiger partial charge in [0, 0.05) is 6.20 Å². The minimum Gasteiger partial charge on any atom is -0.394 e. The van der Waals surface area contributed by atoms with Crippen molar-refractivity contribution in [2.75, 3.05) is 12.3 Å². The van der Waals surface area contributed by atoms with Crippen LogP contribution in [0.2, 0.25) is 0 Å². The van der Waals surface area contributed by atoms with Crippen LogP contribution < -0.4 is 16.7 Å². The Balaban J connectivity index is 2.50. The van der Waals surface area contributed by atoms with Crippen molar-refractivity contribution in [3.63, 3.8) is 0 Å². The molecule has 118 valence electrons. The molecule has 21 heavy (non-hydrogen) atoms. The van der Waals surface area contributed by atoms with Crippen LogP contribution in [-0.4, -0.2) is 59.6 Å². The van der Waals surface area contributed by atoms with Crippen molar-refractivity contribution in [3.05, 3.63) is 16.7 Å². The third-order valence-electron chi connectivity index (χ3n) is 3.07. The number of aromatic nitrogens is 2. The molecule has 0 amide bonds. The molecule has 2 heterocycles. The molecule has 1 aliphatic rings. The van der Waals surface area contributed by atoms with Gasteiger partial charge in [0.05, 0.1) is 6.61 Å². The van der Waals surface area contributed by atoms with Gasteiger partial charge in [-0.25, -0.2) is 4.79 Å². The van der Waals surface area contributed by atoms with Crippen molar-refractivity contribution in [2.45, 2.75) is 24.5 Å². The molecule has 0 aliphatic carbocycles. The number of nitrogens with zero attached hydrogens (tertiary/aromatic N) is 2. The van der Waals surface area contributed by atoms with E-state index < -0.39 is 55.6 Å². The quantitative estimate of drug-likeness (QED) is 0.301. The van der Waals surface area contributed by atoms with Crippen molar-refractivity contribution >= 4 is 18.7 Å². The molecule has 2 rings (SSSR count). The zero-order valence-corrected chi connectivity index (χ0v) is 11.4. The Bertz CT molecular complexity index is 642. The predicted molar refractivity (Wildman–Crippen MR) is 67.6 cm³/mol. The zero-order valence-electron chi connectivity index (χ0n) is 10.5. The molecule has 0 saturated carbocycles. The molecule has 1 aliphatic heterocycles. The fraction of sp³-hybridized carbons (Fsp3) is 0.556. The van der Waals surface area contributed by atoms with E-state index in [-0.39, 0.29) is 0 Å². The Morgan fingerprint density at radius 3 is 2.48 bits per heavy atom. The van der Waals surface area contributed by atoms with Gasteiger partial charge in [0.15, 0.2) is 6.23 Å². The van der Waals surface area contributed by atoms with Gasteiger partial charge in [-0.3, -0.25) is 9.13 Å². The number of nitrogen functional groups attached to an aromatic ring is 1. The number of anilines is 1. The summed E-state index contributed by atoms with van der Waals surface area (Å²) in [4.78, 5) is 33.2. The van der Waals surface area contributed by atoms with Crippen molar-refractivity contribution < 1.29 is 34.4 Å². The summed E-state index contributed by atoms with van der Waals surface area (Å²) in [6, 6.07) is 0. The Morgan fingerprint density at radius 2 is 2.00 bits per heavy atom. The van der Waals surface area contributed by atoms with E-state index in [1.54, 1.807) is 0 Å². The van der Waals surface area contributed by atoms with Gasteiger partial charge in [0.2, 0.25) is 0 Å². The Morgan fingerprint density at radius 1 is 1.38 bits per heavy atom. The summed E-state index contributed by atoms with van der Waals surface area (Å²) in [7, 11) is -4.80. The molecular formula is C9H14N3O8P. The largest absolute Gasteiger partial charge is 0.394 e. The normalized spacial score (nSPS) is 29.8.